The summed E-state index contributed by atoms with van der Waals surface area (Å²) >= 11 is 0. The van der Waals surface area contributed by atoms with E-state index in [0.717, 1.165) is 19.4 Å². The lowest BCUT2D eigenvalue weighted by atomic mass is 10.1. The van der Waals surface area contributed by atoms with Crippen molar-refractivity contribution in [1.82, 2.24) is 4.90 Å². The largest absolute Gasteiger partial charge is 0.487 e. The molecular weight excluding hydrogens is 292 g/mol. The van der Waals surface area contributed by atoms with Crippen molar-refractivity contribution in [2.75, 3.05) is 31.6 Å². The average Bonchev–Trinajstić information content (AvgIpc) is 2.59. The quantitative estimate of drug-likeness (QED) is 0.780. The third-order valence-corrected chi connectivity index (χ3v) is 3.85. The molecule has 1 aliphatic rings. The van der Waals surface area contributed by atoms with E-state index < -0.39 is 0 Å². The fourth-order valence-electron chi connectivity index (χ4n) is 2.59. The van der Waals surface area contributed by atoms with Crippen LogP contribution in [0.15, 0.2) is 36.9 Å². The van der Waals surface area contributed by atoms with E-state index in [2.05, 4.69) is 11.9 Å². The summed E-state index contributed by atoms with van der Waals surface area (Å²) in [5, 5.41) is 2.93. The lowest BCUT2D eigenvalue weighted by molar-refractivity contribution is 0.00221. The van der Waals surface area contributed by atoms with Crippen molar-refractivity contribution in [1.29, 1.82) is 0 Å². The number of ether oxygens (including phenoxy) is 2. The number of hydrogen-bond acceptors (Lipinski definition) is 3. The van der Waals surface area contributed by atoms with Gasteiger partial charge in [0.2, 0.25) is 0 Å². The molecule has 0 aliphatic carbocycles. The van der Waals surface area contributed by atoms with E-state index in [0.29, 0.717) is 31.1 Å². The highest BCUT2D eigenvalue weighted by molar-refractivity contribution is 5.91. The van der Waals surface area contributed by atoms with E-state index in [1.54, 1.807) is 11.0 Å². The number of benzene rings is 1. The Morgan fingerprint density at radius 2 is 2.30 bits per heavy atom. The highest BCUT2D eigenvalue weighted by Crippen LogP contribution is 2.24. The highest BCUT2D eigenvalue weighted by Gasteiger charge is 2.21. The maximum Gasteiger partial charge on any atom is 0.322 e. The zero-order valence-electron chi connectivity index (χ0n) is 13.8. The number of anilines is 1. The van der Waals surface area contributed by atoms with Gasteiger partial charge in [-0.3, -0.25) is 0 Å². The molecule has 1 aromatic rings. The van der Waals surface area contributed by atoms with Gasteiger partial charge in [-0.2, -0.15) is 0 Å². The van der Waals surface area contributed by atoms with Crippen molar-refractivity contribution in [2.24, 2.45) is 0 Å². The van der Waals surface area contributed by atoms with Gasteiger partial charge in [0.05, 0.1) is 11.8 Å². The number of likely N-dealkylation sites (N-methyl/N-ethyl adjacent to an activating group) is 1. The number of amides is 2. The van der Waals surface area contributed by atoms with Crippen LogP contribution in [0.2, 0.25) is 0 Å². The molecule has 5 nitrogen and oxygen atoms in total. The summed E-state index contributed by atoms with van der Waals surface area (Å²) < 4.78 is 11.3. The fourth-order valence-corrected chi connectivity index (χ4v) is 2.59. The Labute approximate surface area is 138 Å². The zero-order chi connectivity index (χ0) is 16.5. The smallest absolute Gasteiger partial charge is 0.322 e. The summed E-state index contributed by atoms with van der Waals surface area (Å²) in [6, 6.07) is 7.29. The maximum absolute atomic E-state index is 12.5. The number of rotatable bonds is 7. The molecule has 2 amide bonds. The molecule has 1 saturated heterocycles. The number of para-hydroxylation sites is 2. The molecule has 126 valence electrons. The molecule has 0 spiro atoms. The predicted molar refractivity (Wildman–Crippen MR) is 92.0 cm³/mol. The molecule has 0 bridgehead atoms. The third-order valence-electron chi connectivity index (χ3n) is 3.85. The zero-order valence-corrected chi connectivity index (χ0v) is 13.8. The first-order valence-electron chi connectivity index (χ1n) is 8.24. The van der Waals surface area contributed by atoms with E-state index >= 15 is 0 Å². The van der Waals surface area contributed by atoms with Crippen LogP contribution in [0.25, 0.3) is 0 Å². The Bertz CT molecular complexity index is 513. The van der Waals surface area contributed by atoms with Crippen LogP contribution < -0.4 is 10.1 Å². The monoisotopic (exact) mass is 318 g/mol. The predicted octanol–water partition coefficient (Wildman–Crippen LogP) is 3.67. The summed E-state index contributed by atoms with van der Waals surface area (Å²) in [5.41, 5.74) is 0.669. The maximum atomic E-state index is 12.5. The number of hydrogen-bond donors (Lipinski definition) is 1. The lowest BCUT2D eigenvalue weighted by Crippen LogP contribution is -2.41. The number of carbonyl (C=O) groups excluding carboxylic acids is 1. The molecule has 1 aliphatic heterocycles. The first kappa shape index (κ1) is 17.3. The van der Waals surface area contributed by atoms with Gasteiger partial charge in [0.25, 0.3) is 0 Å². The number of carbonyl (C=O) groups is 1. The Morgan fingerprint density at radius 1 is 1.48 bits per heavy atom. The summed E-state index contributed by atoms with van der Waals surface area (Å²) in [5.74, 6) is 0.644. The minimum absolute atomic E-state index is 0.128. The summed E-state index contributed by atoms with van der Waals surface area (Å²) in [6.45, 7) is 8.07. The van der Waals surface area contributed by atoms with E-state index in [-0.39, 0.29) is 12.1 Å². The van der Waals surface area contributed by atoms with Crippen molar-refractivity contribution in [2.45, 2.75) is 32.3 Å². The topological polar surface area (TPSA) is 50.8 Å². The fraction of sp³-hybridized carbons (Fsp3) is 0.500. The van der Waals surface area contributed by atoms with Crippen LogP contribution in [0, 0.1) is 0 Å². The highest BCUT2D eigenvalue weighted by atomic mass is 16.5. The van der Waals surface area contributed by atoms with Crippen LogP contribution in [0.1, 0.15) is 26.2 Å². The van der Waals surface area contributed by atoms with Crippen LogP contribution in [-0.2, 0) is 4.74 Å². The van der Waals surface area contributed by atoms with E-state index in [1.807, 2.05) is 31.2 Å². The van der Waals surface area contributed by atoms with Gasteiger partial charge in [-0.1, -0.05) is 24.8 Å². The van der Waals surface area contributed by atoms with Crippen molar-refractivity contribution in [3.8, 4) is 5.75 Å². The van der Waals surface area contributed by atoms with Gasteiger partial charge >= 0.3 is 6.03 Å². The molecule has 1 N–H and O–H groups in total. The minimum Gasteiger partial charge on any atom is -0.487 e. The molecular formula is C18H26N2O3. The van der Waals surface area contributed by atoms with E-state index in [1.165, 1.54) is 6.42 Å². The molecule has 1 heterocycles. The summed E-state index contributed by atoms with van der Waals surface area (Å²) in [6.07, 6.45) is 5.12. The number of nitrogens with zero attached hydrogens (tertiary/aromatic N) is 1. The summed E-state index contributed by atoms with van der Waals surface area (Å²) in [4.78, 5) is 14.3. The lowest BCUT2D eigenvalue weighted by Gasteiger charge is -2.29. The molecule has 2 rings (SSSR count). The average molecular weight is 318 g/mol. The Kier molecular flexibility index (Phi) is 6.94. The SMILES string of the molecule is C=CCOc1ccccc1NC(=O)N(CC)C[C@@H]1CCCCO1. The summed E-state index contributed by atoms with van der Waals surface area (Å²) in [7, 11) is 0. The Hall–Kier alpha value is -2.01. The number of nitrogens with one attached hydrogen (secondary N) is 1. The minimum atomic E-state index is -0.128. The molecule has 1 atom stereocenters. The van der Waals surface area contributed by atoms with Crippen molar-refractivity contribution >= 4 is 11.7 Å². The second kappa shape index (κ2) is 9.20. The normalized spacial score (nSPS) is 17.3. The van der Waals surface area contributed by atoms with Crippen LogP contribution >= 0.6 is 0 Å². The molecule has 0 radical (unpaired) electrons. The second-order valence-electron chi connectivity index (χ2n) is 5.55. The van der Waals surface area contributed by atoms with Gasteiger partial charge in [-0.25, -0.2) is 4.79 Å². The molecule has 23 heavy (non-hydrogen) atoms. The Balaban J connectivity index is 1.97. The standard InChI is InChI=1S/C18H26N2O3/c1-3-12-23-17-11-6-5-10-16(17)19-18(21)20(4-2)14-15-9-7-8-13-22-15/h3,5-6,10-11,15H,1,4,7-9,12-14H2,2H3,(H,19,21)/t15-/m0/s1. The van der Waals surface area contributed by atoms with Crippen molar-refractivity contribution < 1.29 is 14.3 Å². The van der Waals surface area contributed by atoms with Crippen LogP contribution in [-0.4, -0.2) is 43.3 Å². The van der Waals surface area contributed by atoms with Crippen LogP contribution in [0.4, 0.5) is 10.5 Å². The van der Waals surface area contributed by atoms with Gasteiger partial charge in [-0.15, -0.1) is 0 Å². The third kappa shape index (κ3) is 5.28. The van der Waals surface area contributed by atoms with Gasteiger partial charge < -0.3 is 19.7 Å². The molecule has 1 fully saturated rings. The van der Waals surface area contributed by atoms with Gasteiger partial charge in [0.1, 0.15) is 12.4 Å². The number of urea groups is 1. The van der Waals surface area contributed by atoms with Gasteiger partial charge in [0.15, 0.2) is 0 Å². The van der Waals surface area contributed by atoms with E-state index in [4.69, 9.17) is 9.47 Å². The van der Waals surface area contributed by atoms with Crippen LogP contribution in [0.5, 0.6) is 5.75 Å². The molecule has 5 heteroatoms. The van der Waals surface area contributed by atoms with Crippen molar-refractivity contribution in [3.05, 3.63) is 36.9 Å². The second-order valence-corrected chi connectivity index (χ2v) is 5.55. The first-order valence-corrected chi connectivity index (χ1v) is 8.24. The molecule has 0 saturated carbocycles. The van der Waals surface area contributed by atoms with Crippen molar-refractivity contribution in [3.63, 3.8) is 0 Å². The van der Waals surface area contributed by atoms with E-state index in [9.17, 15) is 4.79 Å². The Morgan fingerprint density at radius 3 is 3.00 bits per heavy atom. The molecule has 1 aromatic carbocycles. The van der Waals surface area contributed by atoms with Gasteiger partial charge in [0, 0.05) is 19.7 Å². The first-order chi connectivity index (χ1) is 11.2. The van der Waals surface area contributed by atoms with Crippen LogP contribution in [0.3, 0.4) is 0 Å². The van der Waals surface area contributed by atoms with Gasteiger partial charge in [-0.05, 0) is 38.3 Å². The molecule has 0 unspecified atom stereocenters. The molecule has 0 aromatic heterocycles.